The highest BCUT2D eigenvalue weighted by Crippen LogP contribution is 2.27. The number of benzene rings is 2. The van der Waals surface area contributed by atoms with E-state index in [4.69, 9.17) is 25.8 Å². The Bertz CT molecular complexity index is 736. The first-order valence-electron chi connectivity index (χ1n) is 8.44. The van der Waals surface area contributed by atoms with E-state index in [0.717, 1.165) is 18.4 Å². The third-order valence-corrected chi connectivity index (χ3v) is 4.10. The summed E-state index contributed by atoms with van der Waals surface area (Å²) in [5.41, 5.74) is 1.13. The molecule has 0 fully saturated rings. The Morgan fingerprint density at radius 2 is 1.88 bits per heavy atom. The first kappa shape index (κ1) is 19.9. The molecule has 0 radical (unpaired) electrons. The van der Waals surface area contributed by atoms with Crippen LogP contribution in [0.25, 0.3) is 0 Å². The maximum absolute atomic E-state index is 12.1. The molecule has 0 saturated carbocycles. The van der Waals surface area contributed by atoms with Crippen molar-refractivity contribution in [2.45, 2.75) is 25.9 Å². The summed E-state index contributed by atoms with van der Waals surface area (Å²) >= 11 is 5.91. The Labute approximate surface area is 159 Å². The topological polar surface area (TPSA) is 56.8 Å². The third-order valence-electron chi connectivity index (χ3n) is 3.87. The van der Waals surface area contributed by atoms with Crippen LogP contribution < -0.4 is 19.5 Å². The molecule has 6 heteroatoms. The summed E-state index contributed by atoms with van der Waals surface area (Å²) in [7, 11) is 3.23. The van der Waals surface area contributed by atoms with Gasteiger partial charge in [-0.2, -0.15) is 0 Å². The number of aryl methyl sites for hydroxylation is 1. The molecule has 1 N–H and O–H groups in total. The quantitative estimate of drug-likeness (QED) is 0.674. The highest BCUT2D eigenvalue weighted by Gasteiger charge is 2.14. The summed E-state index contributed by atoms with van der Waals surface area (Å²) in [6, 6.07) is 12.8. The Balaban J connectivity index is 1.76. The van der Waals surface area contributed by atoms with Gasteiger partial charge in [0.1, 0.15) is 5.75 Å². The summed E-state index contributed by atoms with van der Waals surface area (Å²) < 4.78 is 16.1. The summed E-state index contributed by atoms with van der Waals surface area (Å²) in [4.78, 5) is 12.1. The second kappa shape index (κ2) is 9.92. The molecule has 1 atom stereocenters. The summed E-state index contributed by atoms with van der Waals surface area (Å²) in [5.74, 6) is 1.83. The highest BCUT2D eigenvalue weighted by molar-refractivity contribution is 6.30. The number of hydrogen-bond acceptors (Lipinski definition) is 4. The zero-order chi connectivity index (χ0) is 18.9. The molecule has 0 spiro atoms. The van der Waals surface area contributed by atoms with E-state index in [0.29, 0.717) is 28.8 Å². The molecule has 0 unspecified atom stereocenters. The van der Waals surface area contributed by atoms with Gasteiger partial charge in [0, 0.05) is 11.6 Å². The Morgan fingerprint density at radius 1 is 1.12 bits per heavy atom. The van der Waals surface area contributed by atoms with E-state index in [1.165, 1.54) is 0 Å². The van der Waals surface area contributed by atoms with Gasteiger partial charge in [-0.25, -0.2) is 0 Å². The Kier molecular flexibility index (Phi) is 7.60. The van der Waals surface area contributed by atoms with Crippen molar-refractivity contribution in [3.8, 4) is 17.2 Å². The van der Waals surface area contributed by atoms with Crippen LogP contribution in [0.3, 0.4) is 0 Å². The molecule has 0 saturated heterocycles. The molecule has 2 aromatic carbocycles. The fourth-order valence-electron chi connectivity index (χ4n) is 2.48. The van der Waals surface area contributed by atoms with Crippen molar-refractivity contribution in [2.75, 3.05) is 20.8 Å². The minimum absolute atomic E-state index is 0.155. The Morgan fingerprint density at radius 3 is 2.58 bits per heavy atom. The van der Waals surface area contributed by atoms with Crippen molar-refractivity contribution in [1.29, 1.82) is 0 Å². The Hall–Kier alpha value is -2.40. The van der Waals surface area contributed by atoms with Crippen molar-refractivity contribution in [2.24, 2.45) is 0 Å². The highest BCUT2D eigenvalue weighted by atomic mass is 35.5. The molecule has 0 aromatic heterocycles. The number of halogens is 1. The molecule has 0 bridgehead atoms. The first-order valence-corrected chi connectivity index (χ1v) is 8.82. The molecule has 140 valence electrons. The van der Waals surface area contributed by atoms with E-state index in [-0.39, 0.29) is 5.91 Å². The lowest BCUT2D eigenvalue weighted by molar-refractivity contribution is -0.127. The van der Waals surface area contributed by atoms with Gasteiger partial charge < -0.3 is 19.5 Å². The van der Waals surface area contributed by atoms with Crippen LogP contribution in [0.15, 0.2) is 42.5 Å². The van der Waals surface area contributed by atoms with Crippen molar-refractivity contribution < 1.29 is 19.0 Å². The number of methoxy groups -OCH3 is 2. The fraction of sp³-hybridized carbons (Fsp3) is 0.350. The van der Waals surface area contributed by atoms with Gasteiger partial charge in [-0.15, -0.1) is 0 Å². The average Bonchev–Trinajstić information content (AvgIpc) is 2.64. The van der Waals surface area contributed by atoms with E-state index in [1.807, 2.05) is 18.2 Å². The van der Waals surface area contributed by atoms with Gasteiger partial charge in [0.15, 0.2) is 17.6 Å². The van der Waals surface area contributed by atoms with Crippen LogP contribution in [0.5, 0.6) is 17.2 Å². The number of carbonyl (C=O) groups excluding carboxylic acids is 1. The second-order valence-electron chi connectivity index (χ2n) is 5.80. The second-order valence-corrected chi connectivity index (χ2v) is 6.24. The van der Waals surface area contributed by atoms with Gasteiger partial charge in [-0.3, -0.25) is 4.79 Å². The molecule has 5 nitrogen and oxygen atoms in total. The molecule has 0 aliphatic rings. The molecule has 26 heavy (non-hydrogen) atoms. The molecule has 2 rings (SSSR count). The van der Waals surface area contributed by atoms with Gasteiger partial charge in [-0.05, 0) is 55.7 Å². The molecule has 1 amide bonds. The minimum Gasteiger partial charge on any atom is -0.493 e. The van der Waals surface area contributed by atoms with Gasteiger partial charge in [0.2, 0.25) is 0 Å². The summed E-state index contributed by atoms with van der Waals surface area (Å²) in [6.07, 6.45) is 1.05. The largest absolute Gasteiger partial charge is 0.493 e. The van der Waals surface area contributed by atoms with Gasteiger partial charge in [0.05, 0.1) is 14.2 Å². The number of rotatable bonds is 9. The number of hydrogen-bond donors (Lipinski definition) is 1. The van der Waals surface area contributed by atoms with Crippen molar-refractivity contribution in [3.05, 3.63) is 53.1 Å². The van der Waals surface area contributed by atoms with E-state index in [1.54, 1.807) is 45.4 Å². The molecule has 0 aliphatic carbocycles. The standard InChI is InChI=1S/C20H24ClNO4/c1-14(26-17-8-4-7-16(21)13-17)20(23)22-11-5-6-15-9-10-18(24-2)19(12-15)25-3/h4,7-10,12-14H,5-6,11H2,1-3H3,(H,22,23)/t14-/m1/s1. The number of nitrogens with one attached hydrogen (secondary N) is 1. The lowest BCUT2D eigenvalue weighted by Crippen LogP contribution is -2.36. The van der Waals surface area contributed by atoms with Gasteiger partial charge >= 0.3 is 0 Å². The van der Waals surface area contributed by atoms with Crippen molar-refractivity contribution >= 4 is 17.5 Å². The van der Waals surface area contributed by atoms with Crippen LogP contribution in [-0.2, 0) is 11.2 Å². The number of amides is 1. The van der Waals surface area contributed by atoms with Crippen LogP contribution in [-0.4, -0.2) is 32.8 Å². The smallest absolute Gasteiger partial charge is 0.260 e. The normalized spacial score (nSPS) is 11.5. The fourth-order valence-corrected chi connectivity index (χ4v) is 2.66. The number of ether oxygens (including phenoxy) is 3. The maximum atomic E-state index is 12.1. The molecule has 0 aliphatic heterocycles. The van der Waals surface area contributed by atoms with Gasteiger partial charge in [0.25, 0.3) is 5.91 Å². The predicted octanol–water partition coefficient (Wildman–Crippen LogP) is 3.87. The van der Waals surface area contributed by atoms with Gasteiger partial charge in [-0.1, -0.05) is 23.7 Å². The van der Waals surface area contributed by atoms with Crippen molar-refractivity contribution in [1.82, 2.24) is 5.32 Å². The average molecular weight is 378 g/mol. The first-order chi connectivity index (χ1) is 12.5. The van der Waals surface area contributed by atoms with E-state index >= 15 is 0 Å². The third kappa shape index (κ3) is 5.85. The summed E-state index contributed by atoms with van der Waals surface area (Å²) in [6.45, 7) is 2.28. The van der Waals surface area contributed by atoms with Crippen LogP contribution in [0.1, 0.15) is 18.9 Å². The lowest BCUT2D eigenvalue weighted by Gasteiger charge is -2.15. The van der Waals surface area contributed by atoms with E-state index in [9.17, 15) is 4.79 Å². The van der Waals surface area contributed by atoms with E-state index < -0.39 is 6.10 Å². The van der Waals surface area contributed by atoms with Crippen LogP contribution >= 0.6 is 11.6 Å². The zero-order valence-corrected chi connectivity index (χ0v) is 16.0. The SMILES string of the molecule is COc1ccc(CCCNC(=O)[C@@H](C)Oc2cccc(Cl)c2)cc1OC. The van der Waals surface area contributed by atoms with Crippen LogP contribution in [0.4, 0.5) is 0 Å². The minimum atomic E-state index is -0.588. The predicted molar refractivity (Wildman–Crippen MR) is 102 cm³/mol. The number of carbonyl (C=O) groups is 1. The summed E-state index contributed by atoms with van der Waals surface area (Å²) in [5, 5.41) is 3.46. The molecular formula is C20H24ClNO4. The molecule has 2 aromatic rings. The van der Waals surface area contributed by atoms with Crippen molar-refractivity contribution in [3.63, 3.8) is 0 Å². The lowest BCUT2D eigenvalue weighted by atomic mass is 10.1. The van der Waals surface area contributed by atoms with Crippen LogP contribution in [0, 0.1) is 0 Å². The van der Waals surface area contributed by atoms with E-state index in [2.05, 4.69) is 5.32 Å². The zero-order valence-electron chi connectivity index (χ0n) is 15.3. The molecule has 0 heterocycles. The maximum Gasteiger partial charge on any atom is 0.260 e. The monoisotopic (exact) mass is 377 g/mol. The molecular weight excluding hydrogens is 354 g/mol. The van der Waals surface area contributed by atoms with Crippen LogP contribution in [0.2, 0.25) is 5.02 Å².